The third-order valence-corrected chi connectivity index (χ3v) is 7.25. The number of nitrogens with one attached hydrogen (secondary N) is 1. The summed E-state index contributed by atoms with van der Waals surface area (Å²) in [5, 5.41) is 2.92. The first-order valence-electron chi connectivity index (χ1n) is 12.2. The fourth-order valence-electron chi connectivity index (χ4n) is 5.56. The summed E-state index contributed by atoms with van der Waals surface area (Å²) in [5.41, 5.74) is 0.666. The summed E-state index contributed by atoms with van der Waals surface area (Å²) in [7, 11) is 0. The summed E-state index contributed by atoms with van der Waals surface area (Å²) >= 11 is 0. The van der Waals surface area contributed by atoms with Gasteiger partial charge in [0.05, 0.1) is 6.54 Å². The van der Waals surface area contributed by atoms with Gasteiger partial charge < -0.3 is 15.1 Å². The van der Waals surface area contributed by atoms with Gasteiger partial charge in [-0.1, -0.05) is 38.0 Å². The second-order valence-electron chi connectivity index (χ2n) is 9.39. The SMILES string of the molecule is CCCNC(=O)CN1CCN(C(=O)C2CC3CCCCC3N2C(=O)c2ccccc2)CC1. The lowest BCUT2D eigenvalue weighted by Crippen LogP contribution is -2.56. The van der Waals surface area contributed by atoms with Crippen LogP contribution in [-0.2, 0) is 9.59 Å². The van der Waals surface area contributed by atoms with E-state index in [4.69, 9.17) is 0 Å². The molecule has 0 aromatic heterocycles. The molecule has 1 aliphatic carbocycles. The number of piperazine rings is 1. The van der Waals surface area contributed by atoms with E-state index in [2.05, 4.69) is 10.2 Å². The van der Waals surface area contributed by atoms with E-state index < -0.39 is 0 Å². The zero-order valence-electron chi connectivity index (χ0n) is 19.2. The summed E-state index contributed by atoms with van der Waals surface area (Å²) in [4.78, 5) is 45.0. The number of benzene rings is 1. The molecule has 2 aliphatic heterocycles. The molecular formula is C25H36N4O3. The Kier molecular flexibility index (Phi) is 7.45. The van der Waals surface area contributed by atoms with Gasteiger partial charge in [0.15, 0.2) is 0 Å². The van der Waals surface area contributed by atoms with Gasteiger partial charge in [0.1, 0.15) is 6.04 Å². The van der Waals surface area contributed by atoms with Crippen molar-refractivity contribution in [3.8, 4) is 0 Å². The molecule has 3 fully saturated rings. The number of carbonyl (C=O) groups excluding carboxylic acids is 3. The molecule has 1 aromatic rings. The first-order valence-corrected chi connectivity index (χ1v) is 12.2. The Morgan fingerprint density at radius 2 is 1.72 bits per heavy atom. The van der Waals surface area contributed by atoms with Gasteiger partial charge >= 0.3 is 0 Å². The molecule has 3 unspecified atom stereocenters. The molecule has 7 nitrogen and oxygen atoms in total. The van der Waals surface area contributed by atoms with Crippen LogP contribution in [0.1, 0.15) is 55.8 Å². The van der Waals surface area contributed by atoms with E-state index in [-0.39, 0.29) is 29.8 Å². The lowest BCUT2D eigenvalue weighted by atomic mass is 9.84. The van der Waals surface area contributed by atoms with E-state index in [0.29, 0.717) is 50.7 Å². The maximum atomic E-state index is 13.6. The van der Waals surface area contributed by atoms with Gasteiger partial charge in [0, 0.05) is 44.3 Å². The second kappa shape index (κ2) is 10.5. The van der Waals surface area contributed by atoms with E-state index in [1.54, 1.807) is 0 Å². The lowest BCUT2D eigenvalue weighted by molar-refractivity contribution is -0.137. The first-order chi connectivity index (χ1) is 15.6. The molecular weight excluding hydrogens is 404 g/mol. The zero-order valence-corrected chi connectivity index (χ0v) is 19.2. The molecule has 32 heavy (non-hydrogen) atoms. The maximum absolute atomic E-state index is 13.6. The van der Waals surface area contributed by atoms with E-state index in [1.807, 2.05) is 47.1 Å². The number of carbonyl (C=O) groups is 3. The Morgan fingerprint density at radius 3 is 2.44 bits per heavy atom. The standard InChI is InChI=1S/C25H36N4O3/c1-2-12-26-23(30)18-27-13-15-28(16-14-27)25(32)22-17-20-10-6-7-11-21(20)29(22)24(31)19-8-4-3-5-9-19/h3-5,8-9,20-22H,2,6-7,10-18H2,1H3,(H,26,30). The van der Waals surface area contributed by atoms with Crippen LogP contribution in [0, 0.1) is 5.92 Å². The van der Waals surface area contributed by atoms with Crippen molar-refractivity contribution in [2.45, 2.75) is 57.5 Å². The molecule has 7 heteroatoms. The fourth-order valence-corrected chi connectivity index (χ4v) is 5.56. The molecule has 0 bridgehead atoms. The average molecular weight is 441 g/mol. The largest absolute Gasteiger partial charge is 0.355 e. The predicted octanol–water partition coefficient (Wildman–Crippen LogP) is 2.13. The summed E-state index contributed by atoms with van der Waals surface area (Å²) < 4.78 is 0. The summed E-state index contributed by atoms with van der Waals surface area (Å²) in [6.45, 7) is 5.73. The van der Waals surface area contributed by atoms with Crippen LogP contribution in [0.15, 0.2) is 30.3 Å². The topological polar surface area (TPSA) is 73.0 Å². The number of amides is 3. The van der Waals surface area contributed by atoms with Crippen LogP contribution in [0.5, 0.6) is 0 Å². The molecule has 1 N–H and O–H groups in total. The van der Waals surface area contributed by atoms with Crippen LogP contribution in [0.4, 0.5) is 0 Å². The number of likely N-dealkylation sites (tertiary alicyclic amines) is 1. The number of hydrogen-bond donors (Lipinski definition) is 1. The highest BCUT2D eigenvalue weighted by atomic mass is 16.2. The minimum atomic E-state index is -0.366. The van der Waals surface area contributed by atoms with Crippen LogP contribution in [-0.4, -0.2) is 83.8 Å². The highest BCUT2D eigenvalue weighted by Gasteiger charge is 2.48. The minimum absolute atomic E-state index is 0.00965. The molecule has 4 rings (SSSR count). The van der Waals surface area contributed by atoms with Crippen LogP contribution in [0.3, 0.4) is 0 Å². The van der Waals surface area contributed by atoms with E-state index in [9.17, 15) is 14.4 Å². The summed E-state index contributed by atoms with van der Waals surface area (Å²) in [6.07, 6.45) is 6.12. The summed E-state index contributed by atoms with van der Waals surface area (Å²) in [6, 6.07) is 9.19. The second-order valence-corrected chi connectivity index (χ2v) is 9.39. The quantitative estimate of drug-likeness (QED) is 0.736. The number of nitrogens with zero attached hydrogens (tertiary/aromatic N) is 3. The van der Waals surface area contributed by atoms with Crippen LogP contribution in [0.2, 0.25) is 0 Å². The molecule has 2 heterocycles. The number of fused-ring (bicyclic) bond motifs is 1. The van der Waals surface area contributed by atoms with E-state index in [0.717, 1.165) is 32.1 Å². The van der Waals surface area contributed by atoms with Gasteiger partial charge in [-0.2, -0.15) is 0 Å². The van der Waals surface area contributed by atoms with Crippen molar-refractivity contribution in [3.05, 3.63) is 35.9 Å². The maximum Gasteiger partial charge on any atom is 0.254 e. The smallest absolute Gasteiger partial charge is 0.254 e. The lowest BCUT2D eigenvalue weighted by Gasteiger charge is -2.38. The Bertz CT molecular complexity index is 807. The zero-order chi connectivity index (χ0) is 22.5. The minimum Gasteiger partial charge on any atom is -0.355 e. The molecule has 174 valence electrons. The van der Waals surface area contributed by atoms with Crippen molar-refractivity contribution >= 4 is 17.7 Å². The normalized spacial score (nSPS) is 26.0. The Morgan fingerprint density at radius 1 is 1.00 bits per heavy atom. The Balaban J connectivity index is 1.41. The van der Waals surface area contributed by atoms with Gasteiger partial charge in [0.2, 0.25) is 11.8 Å². The van der Waals surface area contributed by atoms with Crippen molar-refractivity contribution in [3.63, 3.8) is 0 Å². The van der Waals surface area contributed by atoms with Crippen LogP contribution in [0.25, 0.3) is 0 Å². The van der Waals surface area contributed by atoms with E-state index in [1.165, 1.54) is 6.42 Å². The molecule has 3 amide bonds. The third-order valence-electron chi connectivity index (χ3n) is 7.25. The van der Waals surface area contributed by atoms with Crippen molar-refractivity contribution in [1.82, 2.24) is 20.0 Å². The van der Waals surface area contributed by atoms with Crippen LogP contribution < -0.4 is 5.32 Å². The molecule has 1 aromatic carbocycles. The molecule has 0 radical (unpaired) electrons. The van der Waals surface area contributed by atoms with Gasteiger partial charge in [-0.25, -0.2) is 0 Å². The first kappa shape index (κ1) is 22.8. The molecule has 3 aliphatic rings. The highest BCUT2D eigenvalue weighted by molar-refractivity contribution is 5.98. The van der Waals surface area contributed by atoms with Crippen LogP contribution >= 0.6 is 0 Å². The highest BCUT2D eigenvalue weighted by Crippen LogP contribution is 2.41. The number of hydrogen-bond acceptors (Lipinski definition) is 4. The van der Waals surface area contributed by atoms with Crippen molar-refractivity contribution in [2.24, 2.45) is 5.92 Å². The van der Waals surface area contributed by atoms with Crippen molar-refractivity contribution in [2.75, 3.05) is 39.3 Å². The van der Waals surface area contributed by atoms with Gasteiger partial charge in [-0.05, 0) is 43.7 Å². The average Bonchev–Trinajstić information content (AvgIpc) is 3.22. The molecule has 2 saturated heterocycles. The third kappa shape index (κ3) is 4.98. The van der Waals surface area contributed by atoms with Gasteiger partial charge in [0.25, 0.3) is 5.91 Å². The number of rotatable bonds is 6. The molecule has 0 spiro atoms. The van der Waals surface area contributed by atoms with E-state index >= 15 is 0 Å². The summed E-state index contributed by atoms with van der Waals surface area (Å²) in [5.74, 6) is 0.545. The van der Waals surface area contributed by atoms with Gasteiger partial charge in [-0.3, -0.25) is 19.3 Å². The Labute approximate surface area is 191 Å². The molecule has 1 saturated carbocycles. The van der Waals surface area contributed by atoms with Gasteiger partial charge in [-0.15, -0.1) is 0 Å². The Hall–Kier alpha value is -2.41. The molecule has 3 atom stereocenters. The predicted molar refractivity (Wildman–Crippen MR) is 123 cm³/mol. The van der Waals surface area contributed by atoms with Crippen molar-refractivity contribution in [1.29, 1.82) is 0 Å². The van der Waals surface area contributed by atoms with Crippen molar-refractivity contribution < 1.29 is 14.4 Å². The fraction of sp³-hybridized carbons (Fsp3) is 0.640. The monoisotopic (exact) mass is 440 g/mol.